The number of halogens is 1. The number of carbonyl (C=O) groups excluding carboxylic acids is 2. The number of ether oxygens (including phenoxy) is 1. The number of aromatic nitrogens is 1. The molecular formula is C9H9BrN2O3. The average molecular weight is 273 g/mol. The highest BCUT2D eigenvalue weighted by Gasteiger charge is 2.11. The van der Waals surface area contributed by atoms with E-state index >= 15 is 0 Å². The van der Waals surface area contributed by atoms with E-state index in [1.54, 1.807) is 18.3 Å². The van der Waals surface area contributed by atoms with Gasteiger partial charge >= 0.3 is 5.97 Å². The summed E-state index contributed by atoms with van der Waals surface area (Å²) in [6, 6.07) is 3.24. The first-order chi connectivity index (χ1) is 7.15. The van der Waals surface area contributed by atoms with Crippen LogP contribution in [-0.2, 0) is 9.53 Å². The van der Waals surface area contributed by atoms with Crippen molar-refractivity contribution in [2.24, 2.45) is 0 Å². The highest BCUT2D eigenvalue weighted by Crippen LogP contribution is 2.11. The second-order valence-corrected chi connectivity index (χ2v) is 3.35. The van der Waals surface area contributed by atoms with Gasteiger partial charge in [0.05, 0.1) is 12.7 Å². The molecule has 1 amide bonds. The van der Waals surface area contributed by atoms with Gasteiger partial charge in [-0.15, -0.1) is 0 Å². The van der Waals surface area contributed by atoms with Crippen LogP contribution < -0.4 is 5.32 Å². The van der Waals surface area contributed by atoms with Gasteiger partial charge in [0.2, 0.25) is 0 Å². The zero-order valence-electron chi connectivity index (χ0n) is 7.99. The van der Waals surface area contributed by atoms with Gasteiger partial charge in [0.15, 0.2) is 0 Å². The van der Waals surface area contributed by atoms with Crippen LogP contribution in [-0.4, -0.2) is 30.5 Å². The normalized spacial score (nSPS) is 9.47. The molecule has 0 saturated carbocycles. The van der Waals surface area contributed by atoms with E-state index in [1.807, 2.05) is 0 Å². The molecule has 0 aliphatic carbocycles. The SMILES string of the molecule is COC(=O)CNC(=O)c1cccnc1Br. The molecule has 0 atom stereocenters. The fourth-order valence-corrected chi connectivity index (χ4v) is 1.31. The number of esters is 1. The maximum absolute atomic E-state index is 11.5. The largest absolute Gasteiger partial charge is 0.468 e. The molecule has 0 spiro atoms. The molecule has 5 nitrogen and oxygen atoms in total. The second-order valence-electron chi connectivity index (χ2n) is 2.60. The smallest absolute Gasteiger partial charge is 0.325 e. The molecular weight excluding hydrogens is 264 g/mol. The van der Waals surface area contributed by atoms with Gasteiger partial charge in [-0.25, -0.2) is 4.98 Å². The van der Waals surface area contributed by atoms with E-state index in [0.717, 1.165) is 0 Å². The molecule has 0 aliphatic rings. The number of methoxy groups -OCH3 is 1. The van der Waals surface area contributed by atoms with E-state index in [4.69, 9.17) is 0 Å². The third kappa shape index (κ3) is 3.32. The first-order valence-electron chi connectivity index (χ1n) is 4.10. The fourth-order valence-electron chi connectivity index (χ4n) is 0.875. The highest BCUT2D eigenvalue weighted by atomic mass is 79.9. The number of hydrogen-bond acceptors (Lipinski definition) is 4. The maximum atomic E-state index is 11.5. The molecule has 6 heteroatoms. The van der Waals surface area contributed by atoms with E-state index < -0.39 is 5.97 Å². The van der Waals surface area contributed by atoms with Crippen LogP contribution in [0, 0.1) is 0 Å². The average Bonchev–Trinajstić information content (AvgIpc) is 2.26. The Balaban J connectivity index is 2.62. The van der Waals surface area contributed by atoms with Crippen LogP contribution in [0.5, 0.6) is 0 Å². The number of rotatable bonds is 3. The molecule has 1 aromatic heterocycles. The topological polar surface area (TPSA) is 68.3 Å². The van der Waals surface area contributed by atoms with Crippen molar-refractivity contribution >= 4 is 27.8 Å². The van der Waals surface area contributed by atoms with Crippen molar-refractivity contribution in [3.63, 3.8) is 0 Å². The van der Waals surface area contributed by atoms with Crippen molar-refractivity contribution in [2.45, 2.75) is 0 Å². The van der Waals surface area contributed by atoms with Crippen LogP contribution in [0.15, 0.2) is 22.9 Å². The molecule has 15 heavy (non-hydrogen) atoms. The molecule has 0 fully saturated rings. The Labute approximate surface area is 95.0 Å². The summed E-state index contributed by atoms with van der Waals surface area (Å²) in [5.74, 6) is -0.872. The minimum Gasteiger partial charge on any atom is -0.468 e. The van der Waals surface area contributed by atoms with Gasteiger partial charge in [-0.1, -0.05) is 0 Å². The van der Waals surface area contributed by atoms with Crippen molar-refractivity contribution in [3.05, 3.63) is 28.5 Å². The Bertz CT molecular complexity index is 381. The van der Waals surface area contributed by atoms with Crippen LogP contribution >= 0.6 is 15.9 Å². The summed E-state index contributed by atoms with van der Waals surface area (Å²) >= 11 is 3.13. The summed E-state index contributed by atoms with van der Waals surface area (Å²) in [5.41, 5.74) is 0.376. The Kier molecular flexibility index (Phi) is 4.23. The Hall–Kier alpha value is -1.43. The van der Waals surface area contributed by atoms with Gasteiger partial charge < -0.3 is 10.1 Å². The minimum absolute atomic E-state index is 0.156. The first-order valence-corrected chi connectivity index (χ1v) is 4.90. The zero-order valence-corrected chi connectivity index (χ0v) is 9.58. The Morgan fingerprint density at radius 1 is 1.60 bits per heavy atom. The van der Waals surface area contributed by atoms with E-state index in [9.17, 15) is 9.59 Å². The van der Waals surface area contributed by atoms with Gasteiger partial charge in [0, 0.05) is 6.20 Å². The van der Waals surface area contributed by atoms with Crippen molar-refractivity contribution in [1.29, 1.82) is 0 Å². The molecule has 0 saturated heterocycles. The monoisotopic (exact) mass is 272 g/mol. The number of carbonyl (C=O) groups is 2. The van der Waals surface area contributed by atoms with Crippen molar-refractivity contribution in [1.82, 2.24) is 10.3 Å². The predicted octanol–water partition coefficient (Wildman–Crippen LogP) is 0.747. The molecule has 1 aromatic rings. The van der Waals surface area contributed by atoms with Gasteiger partial charge in [-0.3, -0.25) is 9.59 Å². The van der Waals surface area contributed by atoms with E-state index in [0.29, 0.717) is 10.2 Å². The summed E-state index contributed by atoms with van der Waals surface area (Å²) in [6.07, 6.45) is 1.56. The molecule has 0 unspecified atom stereocenters. The third-order valence-corrected chi connectivity index (χ3v) is 2.26. The second kappa shape index (κ2) is 5.45. The number of amides is 1. The summed E-state index contributed by atoms with van der Waals surface area (Å²) in [4.78, 5) is 26.2. The number of pyridine rings is 1. The van der Waals surface area contributed by atoms with Gasteiger partial charge in [-0.2, -0.15) is 0 Å². The van der Waals surface area contributed by atoms with Crippen LogP contribution in [0.2, 0.25) is 0 Å². The van der Waals surface area contributed by atoms with Gasteiger partial charge in [-0.05, 0) is 28.1 Å². The van der Waals surface area contributed by atoms with E-state index in [2.05, 4.69) is 31.0 Å². The lowest BCUT2D eigenvalue weighted by Gasteiger charge is -2.04. The van der Waals surface area contributed by atoms with E-state index in [-0.39, 0.29) is 12.5 Å². The molecule has 0 aliphatic heterocycles. The maximum Gasteiger partial charge on any atom is 0.325 e. The van der Waals surface area contributed by atoms with Crippen LogP contribution in [0.1, 0.15) is 10.4 Å². The predicted molar refractivity (Wildman–Crippen MR) is 56.3 cm³/mol. The molecule has 1 rings (SSSR count). The lowest BCUT2D eigenvalue weighted by Crippen LogP contribution is -2.30. The minimum atomic E-state index is -0.497. The van der Waals surface area contributed by atoms with Gasteiger partial charge in [0.1, 0.15) is 11.1 Å². The summed E-state index contributed by atoms with van der Waals surface area (Å²) < 4.78 is 4.82. The van der Waals surface area contributed by atoms with Crippen molar-refractivity contribution < 1.29 is 14.3 Å². The van der Waals surface area contributed by atoms with Crippen molar-refractivity contribution in [2.75, 3.05) is 13.7 Å². The molecule has 80 valence electrons. The standard InChI is InChI=1S/C9H9BrN2O3/c1-15-7(13)5-12-9(14)6-3-2-4-11-8(6)10/h2-4H,5H2,1H3,(H,12,14). The zero-order chi connectivity index (χ0) is 11.3. The molecule has 0 aromatic carbocycles. The highest BCUT2D eigenvalue weighted by molar-refractivity contribution is 9.10. The van der Waals surface area contributed by atoms with Crippen molar-refractivity contribution in [3.8, 4) is 0 Å². The molecule has 1 heterocycles. The van der Waals surface area contributed by atoms with Crippen LogP contribution in [0.25, 0.3) is 0 Å². The Morgan fingerprint density at radius 2 is 2.33 bits per heavy atom. The summed E-state index contributed by atoms with van der Waals surface area (Å²) in [7, 11) is 1.26. The number of nitrogens with one attached hydrogen (secondary N) is 1. The molecule has 1 N–H and O–H groups in total. The summed E-state index contributed by atoms with van der Waals surface area (Å²) in [5, 5.41) is 2.41. The van der Waals surface area contributed by atoms with Crippen LogP contribution in [0.4, 0.5) is 0 Å². The lowest BCUT2D eigenvalue weighted by atomic mass is 10.3. The quantitative estimate of drug-likeness (QED) is 0.651. The first kappa shape index (κ1) is 11.6. The summed E-state index contributed by atoms with van der Waals surface area (Å²) in [6.45, 7) is -0.156. The van der Waals surface area contributed by atoms with Gasteiger partial charge in [0.25, 0.3) is 5.91 Å². The fraction of sp³-hybridized carbons (Fsp3) is 0.222. The Morgan fingerprint density at radius 3 is 2.93 bits per heavy atom. The lowest BCUT2D eigenvalue weighted by molar-refractivity contribution is -0.139. The molecule has 0 bridgehead atoms. The number of hydrogen-bond donors (Lipinski definition) is 1. The van der Waals surface area contributed by atoms with Crippen LogP contribution in [0.3, 0.4) is 0 Å². The number of nitrogens with zero attached hydrogens (tertiary/aromatic N) is 1. The van der Waals surface area contributed by atoms with E-state index in [1.165, 1.54) is 7.11 Å². The third-order valence-electron chi connectivity index (χ3n) is 1.62. The molecule has 0 radical (unpaired) electrons.